The van der Waals surface area contributed by atoms with E-state index in [4.69, 9.17) is 26.7 Å². The molecule has 0 spiro atoms. The predicted molar refractivity (Wildman–Crippen MR) is 76.3 cm³/mol. The van der Waals surface area contributed by atoms with Gasteiger partial charge in [-0.15, -0.1) is 0 Å². The van der Waals surface area contributed by atoms with Crippen molar-refractivity contribution in [1.82, 2.24) is 5.48 Å². The maximum absolute atomic E-state index is 11.2. The molecule has 0 aromatic heterocycles. The molecule has 1 aromatic rings. The number of rotatable bonds is 9. The van der Waals surface area contributed by atoms with E-state index in [1.807, 2.05) is 12.1 Å². The minimum absolute atomic E-state index is 0.0241. The van der Waals surface area contributed by atoms with Crippen molar-refractivity contribution in [3.05, 3.63) is 34.9 Å². The summed E-state index contributed by atoms with van der Waals surface area (Å²) in [5.74, 6) is -1.52. The van der Waals surface area contributed by atoms with Crippen LogP contribution in [0.1, 0.15) is 24.8 Å². The van der Waals surface area contributed by atoms with E-state index in [0.717, 1.165) is 5.56 Å². The fourth-order valence-corrected chi connectivity index (χ4v) is 1.91. The van der Waals surface area contributed by atoms with Crippen LogP contribution in [0.4, 0.5) is 0 Å². The van der Waals surface area contributed by atoms with Crippen molar-refractivity contribution in [1.29, 1.82) is 0 Å². The second kappa shape index (κ2) is 9.33. The third kappa shape index (κ3) is 7.65. The molecular formula is C14H18ClNO5. The minimum Gasteiger partial charge on any atom is -0.481 e. The molecule has 0 saturated heterocycles. The smallest absolute Gasteiger partial charge is 0.305 e. The Kier molecular flexibility index (Phi) is 7.74. The highest BCUT2D eigenvalue weighted by Crippen LogP contribution is 2.14. The van der Waals surface area contributed by atoms with Crippen molar-refractivity contribution in [2.75, 3.05) is 6.61 Å². The molecule has 0 heterocycles. The minimum atomic E-state index is -0.960. The number of aliphatic carboxylic acids is 1. The molecule has 0 aliphatic rings. The van der Waals surface area contributed by atoms with E-state index in [1.165, 1.54) is 0 Å². The number of nitrogens with one attached hydrogen (secondary N) is 1. The quantitative estimate of drug-likeness (QED) is 0.478. The van der Waals surface area contributed by atoms with Crippen molar-refractivity contribution < 1.29 is 24.6 Å². The number of halogens is 1. The van der Waals surface area contributed by atoms with Gasteiger partial charge in [-0.25, -0.2) is 5.48 Å². The molecule has 0 bridgehead atoms. The van der Waals surface area contributed by atoms with Gasteiger partial charge in [-0.1, -0.05) is 23.7 Å². The van der Waals surface area contributed by atoms with Gasteiger partial charge < -0.3 is 9.84 Å². The van der Waals surface area contributed by atoms with Crippen molar-refractivity contribution in [3.8, 4) is 0 Å². The third-order valence-corrected chi connectivity index (χ3v) is 3.13. The fourth-order valence-electron chi connectivity index (χ4n) is 1.79. The standard InChI is InChI=1S/C14H18ClNO5/c15-11-4-1-10(2-5-11)3-6-12(9-13(17)16-20)21-8-7-14(18)19/h1-2,4-5,12,20H,3,6-9H2,(H,16,17)(H,18,19). The maximum Gasteiger partial charge on any atom is 0.305 e. The van der Waals surface area contributed by atoms with Gasteiger partial charge in [-0.2, -0.15) is 0 Å². The van der Waals surface area contributed by atoms with Crippen molar-refractivity contribution in [3.63, 3.8) is 0 Å². The first-order valence-corrected chi connectivity index (χ1v) is 6.90. The number of carboxylic acids is 1. The first-order valence-electron chi connectivity index (χ1n) is 6.52. The van der Waals surface area contributed by atoms with Crippen LogP contribution in [0.2, 0.25) is 5.02 Å². The normalized spacial score (nSPS) is 11.9. The van der Waals surface area contributed by atoms with Crippen LogP contribution in [0, 0.1) is 0 Å². The zero-order valence-electron chi connectivity index (χ0n) is 11.4. The SMILES string of the molecule is O=C(O)CCOC(CCc1ccc(Cl)cc1)CC(=O)NO. The molecule has 0 aliphatic carbocycles. The Hall–Kier alpha value is -1.63. The Labute approximate surface area is 127 Å². The Balaban J connectivity index is 2.48. The number of benzene rings is 1. The van der Waals surface area contributed by atoms with Gasteiger partial charge in [-0.3, -0.25) is 14.8 Å². The van der Waals surface area contributed by atoms with Crippen LogP contribution in [0.5, 0.6) is 0 Å². The summed E-state index contributed by atoms with van der Waals surface area (Å²) in [6.45, 7) is 0.0271. The molecule has 1 unspecified atom stereocenters. The van der Waals surface area contributed by atoms with Crippen molar-refractivity contribution in [2.24, 2.45) is 0 Å². The van der Waals surface area contributed by atoms with Gasteiger partial charge in [0.25, 0.3) is 0 Å². The average Bonchev–Trinajstić information content (AvgIpc) is 2.45. The van der Waals surface area contributed by atoms with Gasteiger partial charge in [0.1, 0.15) is 0 Å². The van der Waals surface area contributed by atoms with Crippen LogP contribution in [-0.4, -0.2) is 34.9 Å². The molecule has 0 radical (unpaired) electrons. The van der Waals surface area contributed by atoms with Gasteiger partial charge >= 0.3 is 5.97 Å². The van der Waals surface area contributed by atoms with E-state index in [-0.39, 0.29) is 19.4 Å². The lowest BCUT2D eigenvalue weighted by atomic mass is 10.0. The van der Waals surface area contributed by atoms with Crippen molar-refractivity contribution >= 4 is 23.5 Å². The van der Waals surface area contributed by atoms with Crippen LogP contribution in [-0.2, 0) is 20.7 Å². The van der Waals surface area contributed by atoms with E-state index in [1.54, 1.807) is 17.6 Å². The number of carbonyl (C=O) groups excluding carboxylic acids is 1. The van der Waals surface area contributed by atoms with Gasteiger partial charge in [0.05, 0.1) is 25.6 Å². The molecule has 7 heteroatoms. The second-order valence-corrected chi connectivity index (χ2v) is 4.98. The van der Waals surface area contributed by atoms with Gasteiger partial charge in [0.15, 0.2) is 0 Å². The van der Waals surface area contributed by atoms with E-state index < -0.39 is 18.0 Å². The number of hydrogen-bond donors (Lipinski definition) is 3. The zero-order valence-corrected chi connectivity index (χ0v) is 12.2. The van der Waals surface area contributed by atoms with Crippen molar-refractivity contribution in [2.45, 2.75) is 31.8 Å². The maximum atomic E-state index is 11.2. The van der Waals surface area contributed by atoms with E-state index in [9.17, 15) is 9.59 Å². The molecular weight excluding hydrogens is 298 g/mol. The summed E-state index contributed by atoms with van der Waals surface area (Å²) in [6, 6.07) is 7.31. The van der Waals surface area contributed by atoms with Crippen LogP contribution >= 0.6 is 11.6 Å². The Bertz CT molecular complexity index is 463. The highest BCUT2D eigenvalue weighted by Gasteiger charge is 2.15. The molecule has 1 atom stereocenters. The average molecular weight is 316 g/mol. The Morgan fingerprint density at radius 1 is 1.29 bits per heavy atom. The number of carboxylic acid groups (broad SMARTS) is 1. The monoisotopic (exact) mass is 315 g/mol. The fraction of sp³-hybridized carbons (Fsp3) is 0.429. The molecule has 1 amide bonds. The lowest BCUT2D eigenvalue weighted by Gasteiger charge is -2.16. The first kappa shape index (κ1) is 17.4. The topological polar surface area (TPSA) is 95.9 Å². The lowest BCUT2D eigenvalue weighted by Crippen LogP contribution is -2.27. The highest BCUT2D eigenvalue weighted by molar-refractivity contribution is 6.30. The van der Waals surface area contributed by atoms with E-state index in [2.05, 4.69) is 0 Å². The van der Waals surface area contributed by atoms with Gasteiger partial charge in [0.2, 0.25) is 5.91 Å². The summed E-state index contributed by atoms with van der Waals surface area (Å²) in [5.41, 5.74) is 2.59. The van der Waals surface area contributed by atoms with E-state index >= 15 is 0 Å². The number of ether oxygens (including phenoxy) is 1. The van der Waals surface area contributed by atoms with Gasteiger partial charge in [-0.05, 0) is 30.5 Å². The Morgan fingerprint density at radius 3 is 2.52 bits per heavy atom. The molecule has 1 aromatic carbocycles. The molecule has 1 rings (SSSR count). The van der Waals surface area contributed by atoms with Crippen LogP contribution in [0.25, 0.3) is 0 Å². The molecule has 21 heavy (non-hydrogen) atoms. The zero-order chi connectivity index (χ0) is 15.7. The number of hydroxylamine groups is 1. The number of amides is 1. The van der Waals surface area contributed by atoms with Crippen LogP contribution in [0.15, 0.2) is 24.3 Å². The predicted octanol–water partition coefficient (Wildman–Crippen LogP) is 2.03. The number of carbonyl (C=O) groups is 2. The highest BCUT2D eigenvalue weighted by atomic mass is 35.5. The summed E-state index contributed by atoms with van der Waals surface area (Å²) in [5, 5.41) is 17.8. The summed E-state index contributed by atoms with van der Waals surface area (Å²) >= 11 is 5.80. The van der Waals surface area contributed by atoms with Crippen LogP contribution in [0.3, 0.4) is 0 Å². The van der Waals surface area contributed by atoms with E-state index in [0.29, 0.717) is 17.9 Å². The summed E-state index contributed by atoms with van der Waals surface area (Å²) in [7, 11) is 0. The summed E-state index contributed by atoms with van der Waals surface area (Å²) in [4.78, 5) is 21.7. The summed E-state index contributed by atoms with van der Waals surface area (Å²) in [6.07, 6.45) is 0.594. The number of hydrogen-bond acceptors (Lipinski definition) is 4. The molecule has 6 nitrogen and oxygen atoms in total. The Morgan fingerprint density at radius 2 is 1.95 bits per heavy atom. The molecule has 0 fully saturated rings. The molecule has 0 saturated carbocycles. The third-order valence-electron chi connectivity index (χ3n) is 2.88. The number of aryl methyl sites for hydroxylation is 1. The first-order chi connectivity index (χ1) is 10.0. The summed E-state index contributed by atoms with van der Waals surface area (Å²) < 4.78 is 5.39. The van der Waals surface area contributed by atoms with Gasteiger partial charge in [0, 0.05) is 5.02 Å². The molecule has 116 valence electrons. The molecule has 3 N–H and O–H groups in total. The second-order valence-electron chi connectivity index (χ2n) is 4.54. The molecule has 0 aliphatic heterocycles. The lowest BCUT2D eigenvalue weighted by molar-refractivity contribution is -0.139. The largest absolute Gasteiger partial charge is 0.481 e. The van der Waals surface area contributed by atoms with Crippen LogP contribution < -0.4 is 5.48 Å².